The van der Waals surface area contributed by atoms with Gasteiger partial charge in [0.1, 0.15) is 11.8 Å². The number of anilines is 2. The maximum absolute atomic E-state index is 14.5. The number of benzene rings is 2. The molecule has 3 amide bonds. The van der Waals surface area contributed by atoms with E-state index >= 15 is 0 Å². The first-order valence-corrected chi connectivity index (χ1v) is 16.5. The van der Waals surface area contributed by atoms with E-state index in [4.69, 9.17) is 16.3 Å². The Morgan fingerprint density at radius 2 is 1.67 bits per heavy atom. The summed E-state index contributed by atoms with van der Waals surface area (Å²) in [5, 5.41) is 10.3. The average molecular weight is 689 g/mol. The number of aliphatic hydroxyl groups is 1. The second-order valence-corrected chi connectivity index (χ2v) is 13.9. The minimum absolute atomic E-state index is 0.00953. The zero-order valence-corrected chi connectivity index (χ0v) is 27.1. The van der Waals surface area contributed by atoms with Crippen molar-refractivity contribution in [2.24, 2.45) is 11.8 Å². The van der Waals surface area contributed by atoms with Gasteiger partial charge in [0.2, 0.25) is 11.8 Å². The summed E-state index contributed by atoms with van der Waals surface area (Å²) in [7, 11) is 0. The van der Waals surface area contributed by atoms with Gasteiger partial charge in [-0.2, -0.15) is 0 Å². The first-order chi connectivity index (χ1) is 20.7. The molecule has 2 bridgehead atoms. The first kappa shape index (κ1) is 31.6. The third kappa shape index (κ3) is 5.52. The van der Waals surface area contributed by atoms with E-state index in [0.717, 1.165) is 0 Å². The lowest BCUT2D eigenvalue weighted by Gasteiger charge is -2.38. The van der Waals surface area contributed by atoms with Gasteiger partial charge in [0.05, 0.1) is 29.8 Å². The largest absolute Gasteiger partial charge is 0.494 e. The van der Waals surface area contributed by atoms with E-state index in [1.807, 2.05) is 31.2 Å². The van der Waals surface area contributed by atoms with Gasteiger partial charge in [-0.1, -0.05) is 39.7 Å². The van der Waals surface area contributed by atoms with Crippen LogP contribution in [-0.2, 0) is 14.4 Å². The molecule has 0 aliphatic carbocycles. The molecule has 11 heteroatoms. The van der Waals surface area contributed by atoms with Crippen molar-refractivity contribution in [1.82, 2.24) is 4.90 Å². The van der Waals surface area contributed by atoms with Crippen molar-refractivity contribution >= 4 is 68.4 Å². The molecule has 0 saturated carbocycles. The van der Waals surface area contributed by atoms with Crippen LogP contribution in [0.3, 0.4) is 0 Å². The van der Waals surface area contributed by atoms with E-state index in [2.05, 4.69) is 29.1 Å². The Labute approximate surface area is 269 Å². The number of carbonyl (C=O) groups is 3. The highest BCUT2D eigenvalue weighted by Gasteiger charge is 2.76. The monoisotopic (exact) mass is 687 g/mol. The van der Waals surface area contributed by atoms with Crippen LogP contribution < -0.4 is 14.5 Å². The molecular weight excluding hydrogens is 654 g/mol. The topological polar surface area (TPSA) is 90.4 Å². The normalized spacial score (nSPS) is 27.1. The van der Waals surface area contributed by atoms with Gasteiger partial charge in [0.15, 0.2) is 0 Å². The van der Waals surface area contributed by atoms with Crippen molar-refractivity contribution in [3.8, 4) is 5.75 Å². The summed E-state index contributed by atoms with van der Waals surface area (Å²) in [6.07, 6.45) is 3.84. The molecule has 228 valence electrons. The molecule has 43 heavy (non-hydrogen) atoms. The van der Waals surface area contributed by atoms with Gasteiger partial charge in [-0.3, -0.25) is 14.4 Å². The fourth-order valence-electron chi connectivity index (χ4n) is 6.78. The van der Waals surface area contributed by atoms with Crippen LogP contribution in [0, 0.1) is 11.8 Å². The maximum atomic E-state index is 14.5. The number of rotatable bonds is 12. The predicted molar refractivity (Wildman–Crippen MR) is 175 cm³/mol. The van der Waals surface area contributed by atoms with Crippen LogP contribution in [0.4, 0.5) is 11.4 Å². The summed E-state index contributed by atoms with van der Waals surface area (Å²) in [4.78, 5) is 47.9. The molecular formula is C32H35BrClN3O5S. The lowest BCUT2D eigenvalue weighted by atomic mass is 9.70. The van der Waals surface area contributed by atoms with Crippen molar-refractivity contribution in [3.63, 3.8) is 0 Å². The Morgan fingerprint density at radius 3 is 2.23 bits per heavy atom. The van der Waals surface area contributed by atoms with E-state index in [-0.39, 0.29) is 54.0 Å². The lowest BCUT2D eigenvalue weighted by molar-refractivity contribution is -0.139. The quantitative estimate of drug-likeness (QED) is 0.251. The van der Waals surface area contributed by atoms with E-state index in [9.17, 15) is 19.5 Å². The number of amides is 3. The number of thioether (sulfide) groups is 1. The van der Waals surface area contributed by atoms with Gasteiger partial charge in [-0.25, -0.2) is 0 Å². The smallest absolute Gasteiger partial charge is 0.251 e. The Morgan fingerprint density at radius 1 is 1.09 bits per heavy atom. The molecule has 1 spiro atoms. The Hall–Kier alpha value is -2.79. The molecule has 3 heterocycles. The van der Waals surface area contributed by atoms with Crippen LogP contribution in [0.15, 0.2) is 73.8 Å². The Bertz CT molecular complexity index is 1390. The standard InChI is InChI=1S/C32H35BrClN3O5S/c1-4-15-35(22-11-13-23(14-12-22)42-6-3)29(39)25-26-30(40)37(17-18-38)28(32(26)19-24(33)27(25)43-32)31(41)36(16-5-2)21-9-7-20(34)8-10-21/h4-5,7-14,24-28,38H,1-2,6,15-19H2,3H3/t24?,25-,26+,27-,28?,32?/m1/s1. The Balaban J connectivity index is 1.54. The van der Waals surface area contributed by atoms with E-state index in [1.165, 1.54) is 4.90 Å². The van der Waals surface area contributed by atoms with Crippen molar-refractivity contribution < 1.29 is 24.2 Å². The second kappa shape index (κ2) is 13.1. The predicted octanol–water partition coefficient (Wildman–Crippen LogP) is 4.93. The molecule has 2 aromatic carbocycles. The zero-order chi connectivity index (χ0) is 30.9. The van der Waals surface area contributed by atoms with Crippen LogP contribution in [-0.4, -0.2) is 81.4 Å². The Kier molecular flexibility index (Phi) is 9.61. The minimum atomic E-state index is -0.876. The molecule has 0 radical (unpaired) electrons. The minimum Gasteiger partial charge on any atom is -0.494 e. The SMILES string of the molecule is C=CCN(C(=O)C1N(CCO)C(=O)[C@@H]2[C@@H](C(=O)N(CC=C)c3ccc(OCC)cc3)[C@@H]3SC12CC3Br)c1ccc(Cl)cc1. The number of fused-ring (bicyclic) bond motifs is 1. The maximum Gasteiger partial charge on any atom is 0.251 e. The first-order valence-electron chi connectivity index (χ1n) is 14.3. The fourth-order valence-corrected chi connectivity index (χ4v) is 10.5. The number of halogens is 2. The number of ether oxygens (including phenoxy) is 1. The van der Waals surface area contributed by atoms with E-state index in [0.29, 0.717) is 35.2 Å². The molecule has 3 unspecified atom stereocenters. The highest BCUT2D eigenvalue weighted by Crippen LogP contribution is 2.68. The molecule has 3 fully saturated rings. The van der Waals surface area contributed by atoms with Gasteiger partial charge < -0.3 is 24.5 Å². The summed E-state index contributed by atoms with van der Waals surface area (Å²) >= 11 is 11.5. The van der Waals surface area contributed by atoms with Crippen LogP contribution in [0.2, 0.25) is 5.02 Å². The number of aliphatic hydroxyl groups excluding tert-OH is 1. The van der Waals surface area contributed by atoms with Gasteiger partial charge in [-0.15, -0.1) is 24.9 Å². The summed E-state index contributed by atoms with van der Waals surface area (Å²) in [6, 6.07) is 13.3. The van der Waals surface area contributed by atoms with Gasteiger partial charge >= 0.3 is 0 Å². The number of nitrogens with zero attached hydrogens (tertiary/aromatic N) is 3. The van der Waals surface area contributed by atoms with Crippen LogP contribution >= 0.6 is 39.3 Å². The van der Waals surface area contributed by atoms with Crippen molar-refractivity contribution in [2.45, 2.75) is 34.2 Å². The lowest BCUT2D eigenvalue weighted by Crippen LogP contribution is -2.56. The highest BCUT2D eigenvalue weighted by atomic mass is 79.9. The number of hydrogen-bond donors (Lipinski definition) is 1. The molecule has 2 aromatic rings. The second-order valence-electron chi connectivity index (χ2n) is 10.8. The van der Waals surface area contributed by atoms with Gasteiger partial charge in [-0.05, 0) is 61.9 Å². The van der Waals surface area contributed by atoms with Crippen molar-refractivity contribution in [2.75, 3.05) is 42.6 Å². The van der Waals surface area contributed by atoms with Crippen LogP contribution in [0.1, 0.15) is 13.3 Å². The third-order valence-corrected chi connectivity index (χ3v) is 11.9. The van der Waals surface area contributed by atoms with Crippen molar-refractivity contribution in [1.29, 1.82) is 0 Å². The molecule has 5 rings (SSSR count). The average Bonchev–Trinajstić information content (AvgIpc) is 3.59. The molecule has 1 N–H and O–H groups in total. The zero-order valence-electron chi connectivity index (χ0n) is 23.9. The fraction of sp³-hybridized carbons (Fsp3) is 0.406. The molecule has 8 nitrogen and oxygen atoms in total. The number of likely N-dealkylation sites (tertiary alicyclic amines) is 1. The summed E-state index contributed by atoms with van der Waals surface area (Å²) in [5.41, 5.74) is 1.30. The van der Waals surface area contributed by atoms with Crippen molar-refractivity contribution in [3.05, 3.63) is 78.9 Å². The van der Waals surface area contributed by atoms with Gasteiger partial charge in [0, 0.05) is 46.1 Å². The third-order valence-electron chi connectivity index (χ3n) is 8.40. The number of β-amino-alcohol motifs (C(OH)–C–C–N with tert-alkyl or cyclic N) is 1. The van der Waals surface area contributed by atoms with Crippen LogP contribution in [0.5, 0.6) is 5.75 Å². The summed E-state index contributed by atoms with van der Waals surface area (Å²) in [5.74, 6) is -1.45. The summed E-state index contributed by atoms with van der Waals surface area (Å²) in [6.45, 7) is 10.3. The van der Waals surface area contributed by atoms with E-state index in [1.54, 1.807) is 58.0 Å². The highest BCUT2D eigenvalue weighted by molar-refractivity contribution is 9.09. The molecule has 3 saturated heterocycles. The van der Waals surface area contributed by atoms with Crippen LogP contribution in [0.25, 0.3) is 0 Å². The number of carbonyl (C=O) groups excluding carboxylic acids is 3. The number of hydrogen-bond acceptors (Lipinski definition) is 6. The molecule has 3 aliphatic heterocycles. The molecule has 0 aromatic heterocycles. The van der Waals surface area contributed by atoms with E-state index < -0.39 is 22.6 Å². The van der Waals surface area contributed by atoms with Gasteiger partial charge in [0.25, 0.3) is 5.91 Å². The number of alkyl halides is 1. The molecule has 6 atom stereocenters. The molecule has 3 aliphatic rings. The summed E-state index contributed by atoms with van der Waals surface area (Å²) < 4.78 is 4.72.